The molecule has 6 heteroatoms. The van der Waals surface area contributed by atoms with Crippen molar-refractivity contribution >= 4 is 12.4 Å². The summed E-state index contributed by atoms with van der Waals surface area (Å²) in [4.78, 5) is 0. The van der Waals surface area contributed by atoms with Crippen LogP contribution < -0.4 is 10.1 Å². The normalized spacial score (nSPS) is 16.5. The van der Waals surface area contributed by atoms with Crippen LogP contribution >= 0.6 is 12.4 Å². The van der Waals surface area contributed by atoms with Gasteiger partial charge in [0.2, 0.25) is 0 Å². The molecule has 0 unspecified atom stereocenters. The van der Waals surface area contributed by atoms with Crippen molar-refractivity contribution in [3.8, 4) is 5.75 Å². The van der Waals surface area contributed by atoms with Crippen molar-refractivity contribution in [2.75, 3.05) is 19.7 Å². The van der Waals surface area contributed by atoms with E-state index in [1.165, 1.54) is 6.07 Å². The largest absolute Gasteiger partial charge is 0.493 e. The van der Waals surface area contributed by atoms with Gasteiger partial charge in [0.15, 0.2) is 0 Å². The first kappa shape index (κ1) is 19.1. The standard InChI is InChI=1S/C16H22F3NO.ClH/c1-11(2)10-21-15-8-13(12-3-5-20-6-4-12)7-14(9-15)16(17,18)19;/h7-9,11-12,20H,3-6,10H2,1-2H3;1H. The Morgan fingerprint density at radius 3 is 2.36 bits per heavy atom. The molecule has 1 fully saturated rings. The van der Waals surface area contributed by atoms with Gasteiger partial charge >= 0.3 is 6.18 Å². The van der Waals surface area contributed by atoms with Crippen molar-refractivity contribution < 1.29 is 17.9 Å². The van der Waals surface area contributed by atoms with Crippen LogP contribution in [0.1, 0.15) is 43.7 Å². The van der Waals surface area contributed by atoms with Crippen molar-refractivity contribution in [1.82, 2.24) is 5.32 Å². The fourth-order valence-corrected chi connectivity index (χ4v) is 2.52. The number of piperidine rings is 1. The van der Waals surface area contributed by atoms with Crippen LogP contribution in [0.3, 0.4) is 0 Å². The highest BCUT2D eigenvalue weighted by atomic mass is 35.5. The van der Waals surface area contributed by atoms with Gasteiger partial charge in [-0.3, -0.25) is 0 Å². The number of alkyl halides is 3. The van der Waals surface area contributed by atoms with Gasteiger partial charge in [-0.1, -0.05) is 13.8 Å². The van der Waals surface area contributed by atoms with Crippen LogP contribution in [0.2, 0.25) is 0 Å². The van der Waals surface area contributed by atoms with Gasteiger partial charge in [0.1, 0.15) is 5.75 Å². The van der Waals surface area contributed by atoms with E-state index in [-0.39, 0.29) is 24.2 Å². The topological polar surface area (TPSA) is 21.3 Å². The molecule has 1 aliphatic heterocycles. The first-order chi connectivity index (χ1) is 9.86. The highest BCUT2D eigenvalue weighted by Gasteiger charge is 2.32. The molecule has 1 N–H and O–H groups in total. The first-order valence-corrected chi connectivity index (χ1v) is 7.42. The molecule has 0 saturated carbocycles. The van der Waals surface area contributed by atoms with Crippen molar-refractivity contribution in [2.45, 2.75) is 38.8 Å². The first-order valence-electron chi connectivity index (χ1n) is 7.42. The fraction of sp³-hybridized carbons (Fsp3) is 0.625. The number of halogens is 4. The average molecular weight is 338 g/mol. The predicted molar refractivity (Wildman–Crippen MR) is 83.9 cm³/mol. The van der Waals surface area contributed by atoms with Crippen LogP contribution in [-0.2, 0) is 6.18 Å². The minimum atomic E-state index is -4.33. The summed E-state index contributed by atoms with van der Waals surface area (Å²) in [6.45, 7) is 6.07. The molecule has 1 saturated heterocycles. The quantitative estimate of drug-likeness (QED) is 0.865. The summed E-state index contributed by atoms with van der Waals surface area (Å²) in [5, 5.41) is 3.23. The van der Waals surface area contributed by atoms with Crippen LogP contribution in [0, 0.1) is 5.92 Å². The van der Waals surface area contributed by atoms with E-state index < -0.39 is 11.7 Å². The molecule has 1 heterocycles. The predicted octanol–water partition coefficient (Wildman–Crippen LogP) is 4.63. The minimum Gasteiger partial charge on any atom is -0.493 e. The molecule has 0 bridgehead atoms. The van der Waals surface area contributed by atoms with Gasteiger partial charge in [-0.25, -0.2) is 0 Å². The monoisotopic (exact) mass is 337 g/mol. The third-order valence-electron chi connectivity index (χ3n) is 3.65. The lowest BCUT2D eigenvalue weighted by Crippen LogP contribution is -2.26. The molecule has 126 valence electrons. The van der Waals surface area contributed by atoms with Gasteiger partial charge in [-0.15, -0.1) is 12.4 Å². The van der Waals surface area contributed by atoms with E-state index in [0.717, 1.165) is 37.6 Å². The lowest BCUT2D eigenvalue weighted by Gasteiger charge is -2.24. The van der Waals surface area contributed by atoms with Crippen LogP contribution in [0.15, 0.2) is 18.2 Å². The van der Waals surface area contributed by atoms with E-state index in [1.54, 1.807) is 6.07 Å². The smallest absolute Gasteiger partial charge is 0.416 e. The summed E-state index contributed by atoms with van der Waals surface area (Å²) in [5.41, 5.74) is 0.127. The number of rotatable bonds is 4. The zero-order chi connectivity index (χ0) is 15.5. The van der Waals surface area contributed by atoms with Gasteiger partial charge in [0, 0.05) is 0 Å². The summed E-state index contributed by atoms with van der Waals surface area (Å²) < 4.78 is 44.7. The summed E-state index contributed by atoms with van der Waals surface area (Å²) in [6.07, 6.45) is -2.60. The van der Waals surface area contributed by atoms with E-state index in [1.807, 2.05) is 13.8 Å². The third-order valence-corrected chi connectivity index (χ3v) is 3.65. The maximum atomic E-state index is 13.0. The minimum absolute atomic E-state index is 0. The molecule has 22 heavy (non-hydrogen) atoms. The van der Waals surface area contributed by atoms with E-state index in [2.05, 4.69) is 5.32 Å². The lowest BCUT2D eigenvalue weighted by molar-refractivity contribution is -0.137. The van der Waals surface area contributed by atoms with E-state index in [9.17, 15) is 13.2 Å². The van der Waals surface area contributed by atoms with Crippen molar-refractivity contribution in [1.29, 1.82) is 0 Å². The Labute approximate surface area is 135 Å². The van der Waals surface area contributed by atoms with Gasteiger partial charge < -0.3 is 10.1 Å². The van der Waals surface area contributed by atoms with E-state index >= 15 is 0 Å². The molecule has 0 aliphatic carbocycles. The number of nitrogens with one attached hydrogen (secondary N) is 1. The molecule has 1 aliphatic rings. The molecule has 0 radical (unpaired) electrons. The van der Waals surface area contributed by atoms with Crippen LogP contribution in [-0.4, -0.2) is 19.7 Å². The highest BCUT2D eigenvalue weighted by Crippen LogP contribution is 2.36. The Morgan fingerprint density at radius 1 is 1.18 bits per heavy atom. The maximum absolute atomic E-state index is 13.0. The summed E-state index contributed by atoms with van der Waals surface area (Å²) in [5.74, 6) is 0.781. The number of hydrogen-bond donors (Lipinski definition) is 1. The number of hydrogen-bond acceptors (Lipinski definition) is 2. The Bertz CT molecular complexity index is 471. The Balaban J connectivity index is 0.00000242. The number of ether oxygens (including phenoxy) is 1. The molecule has 0 spiro atoms. The third kappa shape index (κ3) is 5.36. The van der Waals surface area contributed by atoms with Crippen LogP contribution in [0.4, 0.5) is 13.2 Å². The Morgan fingerprint density at radius 2 is 1.82 bits per heavy atom. The van der Waals surface area contributed by atoms with Crippen molar-refractivity contribution in [2.24, 2.45) is 5.92 Å². The van der Waals surface area contributed by atoms with E-state index in [0.29, 0.717) is 12.4 Å². The molecular formula is C16H23ClF3NO. The second-order valence-electron chi connectivity index (χ2n) is 6.02. The molecule has 2 nitrogen and oxygen atoms in total. The molecule has 2 rings (SSSR count). The zero-order valence-corrected chi connectivity index (χ0v) is 13.7. The second kappa shape index (κ2) is 8.06. The maximum Gasteiger partial charge on any atom is 0.416 e. The van der Waals surface area contributed by atoms with Gasteiger partial charge in [-0.05, 0) is 61.5 Å². The SMILES string of the molecule is CC(C)COc1cc(C2CCNCC2)cc(C(F)(F)F)c1.Cl. The summed E-state index contributed by atoms with van der Waals surface area (Å²) in [7, 11) is 0. The van der Waals surface area contributed by atoms with Crippen LogP contribution in [0.25, 0.3) is 0 Å². The van der Waals surface area contributed by atoms with Gasteiger partial charge in [-0.2, -0.15) is 13.2 Å². The van der Waals surface area contributed by atoms with Gasteiger partial charge in [0.05, 0.1) is 12.2 Å². The number of benzene rings is 1. The molecule has 0 atom stereocenters. The average Bonchev–Trinajstić information content (AvgIpc) is 2.45. The molecular weight excluding hydrogens is 315 g/mol. The van der Waals surface area contributed by atoms with E-state index in [4.69, 9.17) is 4.74 Å². The van der Waals surface area contributed by atoms with Gasteiger partial charge in [0.25, 0.3) is 0 Å². The van der Waals surface area contributed by atoms with Crippen molar-refractivity contribution in [3.63, 3.8) is 0 Å². The summed E-state index contributed by atoms with van der Waals surface area (Å²) in [6, 6.07) is 4.15. The Kier molecular flexibility index (Phi) is 7.00. The molecule has 0 amide bonds. The van der Waals surface area contributed by atoms with Crippen molar-refractivity contribution in [3.05, 3.63) is 29.3 Å². The fourth-order valence-electron chi connectivity index (χ4n) is 2.52. The Hall–Kier alpha value is -0.940. The highest BCUT2D eigenvalue weighted by molar-refractivity contribution is 5.85. The molecule has 1 aromatic carbocycles. The molecule has 0 aromatic heterocycles. The van der Waals surface area contributed by atoms with Crippen LogP contribution in [0.5, 0.6) is 5.75 Å². The lowest BCUT2D eigenvalue weighted by atomic mass is 9.89. The second-order valence-corrected chi connectivity index (χ2v) is 6.02. The zero-order valence-electron chi connectivity index (χ0n) is 12.9. The molecule has 1 aromatic rings. The summed E-state index contributed by atoms with van der Waals surface area (Å²) >= 11 is 0.